The Bertz CT molecular complexity index is 567. The molecular weight excluding hydrogens is 350 g/mol. The Morgan fingerprint density at radius 1 is 1.23 bits per heavy atom. The van der Waals surface area contributed by atoms with E-state index in [1.54, 1.807) is 6.20 Å². The molecule has 1 aromatic heterocycles. The van der Waals surface area contributed by atoms with Crippen LogP contribution in [-0.2, 0) is 14.0 Å². The van der Waals surface area contributed by atoms with Gasteiger partial charge in [-0.05, 0) is 36.9 Å². The molecule has 0 saturated heterocycles. The van der Waals surface area contributed by atoms with Gasteiger partial charge in [0.1, 0.15) is 0 Å². The number of carbonyl (C=O) groups excluding carboxylic acids is 1. The maximum absolute atomic E-state index is 11.9. The Balaban J connectivity index is 2.39. The molecule has 0 aliphatic heterocycles. The highest BCUT2D eigenvalue weighted by atomic mass is 28.4. The molecule has 26 heavy (non-hydrogen) atoms. The van der Waals surface area contributed by atoms with Crippen LogP contribution in [0.1, 0.15) is 53.5 Å². The van der Waals surface area contributed by atoms with Gasteiger partial charge < -0.3 is 13.9 Å². The van der Waals surface area contributed by atoms with Crippen LogP contribution in [0.2, 0.25) is 18.1 Å². The molecule has 0 N–H and O–H groups in total. The summed E-state index contributed by atoms with van der Waals surface area (Å²) in [5.74, 6) is 0.133. The summed E-state index contributed by atoms with van der Waals surface area (Å²) >= 11 is 0. The van der Waals surface area contributed by atoms with Crippen LogP contribution in [0.15, 0.2) is 6.20 Å². The van der Waals surface area contributed by atoms with Gasteiger partial charge in [0.2, 0.25) is 0 Å². The van der Waals surface area contributed by atoms with Crippen molar-refractivity contribution in [3.63, 3.8) is 0 Å². The molecule has 1 aromatic rings. The molecule has 0 spiro atoms. The Labute approximate surface area is 158 Å². The van der Waals surface area contributed by atoms with Crippen molar-refractivity contribution < 1.29 is 18.7 Å². The van der Waals surface area contributed by atoms with E-state index < -0.39 is 14.4 Å². The quantitative estimate of drug-likeness (QED) is 0.346. The summed E-state index contributed by atoms with van der Waals surface area (Å²) in [5, 5.41) is 8.22. The second-order valence-corrected chi connectivity index (χ2v) is 13.2. The van der Waals surface area contributed by atoms with Crippen LogP contribution in [0.4, 0.5) is 0 Å². The minimum absolute atomic E-state index is 0.0458. The Hall–Kier alpha value is -1.41. The van der Waals surface area contributed by atoms with Gasteiger partial charge in [-0.1, -0.05) is 44.9 Å². The van der Waals surface area contributed by atoms with E-state index in [0.29, 0.717) is 12.5 Å². The third kappa shape index (κ3) is 6.39. The Morgan fingerprint density at radius 2 is 1.85 bits per heavy atom. The van der Waals surface area contributed by atoms with Gasteiger partial charge in [0.15, 0.2) is 14.4 Å². The van der Waals surface area contributed by atoms with Crippen LogP contribution in [0.3, 0.4) is 0 Å². The maximum Gasteiger partial charge on any atom is 0.330 e. The van der Waals surface area contributed by atoms with E-state index in [1.165, 1.54) is 11.8 Å². The molecule has 1 atom stereocenters. The summed E-state index contributed by atoms with van der Waals surface area (Å²) in [5.41, 5.74) is 0. The van der Waals surface area contributed by atoms with E-state index in [-0.39, 0.29) is 16.9 Å². The highest BCUT2D eigenvalue weighted by molar-refractivity contribution is 6.74. The molecule has 8 heteroatoms. The zero-order chi connectivity index (χ0) is 20.0. The minimum Gasteiger partial charge on any atom is -0.475 e. The molecule has 150 valence electrons. The topological polar surface area (TPSA) is 75.5 Å². The predicted molar refractivity (Wildman–Crippen MR) is 104 cm³/mol. The van der Waals surface area contributed by atoms with Gasteiger partial charge >= 0.3 is 5.97 Å². The van der Waals surface area contributed by atoms with Gasteiger partial charge in [-0.15, -0.1) is 0 Å². The van der Waals surface area contributed by atoms with Gasteiger partial charge in [-0.25, -0.2) is 9.48 Å². The summed E-state index contributed by atoms with van der Waals surface area (Å²) in [6.07, 6.45) is 3.47. The fraction of sp³-hybridized carbons (Fsp3) is 0.833. The number of aromatic nitrogens is 3. The Morgan fingerprint density at radius 3 is 2.38 bits per heavy atom. The molecule has 0 fully saturated rings. The van der Waals surface area contributed by atoms with Gasteiger partial charge in [0, 0.05) is 6.61 Å². The monoisotopic (exact) mass is 385 g/mol. The normalized spacial score (nSPS) is 13.7. The number of esters is 1. The maximum atomic E-state index is 11.9. The number of nitrogens with zero attached hydrogens (tertiary/aromatic N) is 3. The molecule has 0 saturated carbocycles. The summed E-state index contributed by atoms with van der Waals surface area (Å²) < 4.78 is 18.1. The average Bonchev–Trinajstić information content (AvgIpc) is 2.97. The van der Waals surface area contributed by atoms with Crippen molar-refractivity contribution in [2.45, 2.75) is 71.6 Å². The van der Waals surface area contributed by atoms with Gasteiger partial charge in [-0.3, -0.25) is 0 Å². The van der Waals surface area contributed by atoms with Crippen LogP contribution in [0.25, 0.3) is 0 Å². The number of ether oxygens (including phenoxy) is 2. The fourth-order valence-electron chi connectivity index (χ4n) is 2.19. The summed E-state index contributed by atoms with van der Waals surface area (Å²) in [6.45, 7) is 16.4. The van der Waals surface area contributed by atoms with E-state index in [9.17, 15) is 4.79 Å². The molecule has 0 amide bonds. The molecule has 1 rings (SSSR count). The van der Waals surface area contributed by atoms with Crippen molar-refractivity contribution in [3.05, 3.63) is 6.20 Å². The van der Waals surface area contributed by atoms with Crippen molar-refractivity contribution in [1.29, 1.82) is 0 Å². The van der Waals surface area contributed by atoms with Crippen LogP contribution < -0.4 is 4.74 Å². The van der Waals surface area contributed by atoms with E-state index >= 15 is 0 Å². The molecule has 0 bridgehead atoms. The SMILES string of the molecule is COC(=O)[C@H](C(C)C)n1cc(OCCCCO[Si](C)(C)C(C)(C)C)nn1. The zero-order valence-electron chi connectivity index (χ0n) is 17.5. The largest absolute Gasteiger partial charge is 0.475 e. The molecule has 7 nitrogen and oxygen atoms in total. The van der Waals surface area contributed by atoms with E-state index in [4.69, 9.17) is 13.9 Å². The van der Waals surface area contributed by atoms with E-state index in [2.05, 4.69) is 44.2 Å². The second-order valence-electron chi connectivity index (χ2n) is 8.41. The first-order valence-electron chi connectivity index (χ1n) is 9.26. The average molecular weight is 386 g/mol. The summed E-state index contributed by atoms with van der Waals surface area (Å²) in [6, 6.07) is -0.497. The molecular formula is C18H35N3O4Si. The number of hydrogen-bond donors (Lipinski definition) is 0. The summed E-state index contributed by atoms with van der Waals surface area (Å²) in [7, 11) is -0.301. The standard InChI is InChI=1S/C18H35N3O4Si/c1-14(2)16(17(22)23-6)21-13-15(19-20-21)24-11-9-10-12-25-26(7,8)18(3,4)5/h13-14,16H,9-12H2,1-8H3/t16-/m0/s1. The van der Waals surface area contributed by atoms with E-state index in [1.807, 2.05) is 13.8 Å². The lowest BCUT2D eigenvalue weighted by Gasteiger charge is -2.36. The number of rotatable bonds is 10. The number of carbonyl (C=O) groups is 1. The second kappa shape index (κ2) is 9.50. The molecule has 1 heterocycles. The molecule has 0 aliphatic carbocycles. The van der Waals surface area contributed by atoms with Crippen molar-refractivity contribution >= 4 is 14.3 Å². The lowest BCUT2D eigenvalue weighted by atomic mass is 10.1. The van der Waals surface area contributed by atoms with Crippen LogP contribution >= 0.6 is 0 Å². The number of unbranched alkanes of at least 4 members (excludes halogenated alkanes) is 1. The molecule has 0 aromatic carbocycles. The van der Waals surface area contributed by atoms with Crippen LogP contribution in [0, 0.1) is 5.92 Å². The van der Waals surface area contributed by atoms with E-state index in [0.717, 1.165) is 19.4 Å². The first-order valence-corrected chi connectivity index (χ1v) is 12.2. The smallest absolute Gasteiger partial charge is 0.330 e. The van der Waals surface area contributed by atoms with Gasteiger partial charge in [0.25, 0.3) is 5.88 Å². The number of methoxy groups -OCH3 is 1. The third-order valence-electron chi connectivity index (χ3n) is 4.91. The summed E-state index contributed by atoms with van der Waals surface area (Å²) in [4.78, 5) is 11.9. The first-order chi connectivity index (χ1) is 12.0. The first kappa shape index (κ1) is 22.6. The fourth-order valence-corrected chi connectivity index (χ4v) is 3.28. The van der Waals surface area contributed by atoms with Crippen molar-refractivity contribution in [2.75, 3.05) is 20.3 Å². The minimum atomic E-state index is -1.67. The molecule has 0 unspecified atom stereocenters. The lowest BCUT2D eigenvalue weighted by molar-refractivity contribution is -0.146. The molecule has 0 radical (unpaired) electrons. The van der Waals surface area contributed by atoms with Gasteiger partial charge in [-0.2, -0.15) is 0 Å². The van der Waals surface area contributed by atoms with Crippen LogP contribution in [-0.4, -0.2) is 49.6 Å². The van der Waals surface area contributed by atoms with Crippen molar-refractivity contribution in [3.8, 4) is 5.88 Å². The number of hydrogen-bond acceptors (Lipinski definition) is 6. The lowest BCUT2D eigenvalue weighted by Crippen LogP contribution is -2.41. The molecule has 0 aliphatic rings. The zero-order valence-corrected chi connectivity index (χ0v) is 18.5. The highest BCUT2D eigenvalue weighted by Crippen LogP contribution is 2.36. The third-order valence-corrected chi connectivity index (χ3v) is 9.44. The van der Waals surface area contributed by atoms with Crippen LogP contribution in [0.5, 0.6) is 5.88 Å². The van der Waals surface area contributed by atoms with Crippen molar-refractivity contribution in [2.24, 2.45) is 5.92 Å². The highest BCUT2D eigenvalue weighted by Gasteiger charge is 2.36. The Kier molecular flexibility index (Phi) is 8.27. The predicted octanol–water partition coefficient (Wildman–Crippen LogP) is 3.83. The van der Waals surface area contributed by atoms with Crippen molar-refractivity contribution in [1.82, 2.24) is 15.0 Å². The van der Waals surface area contributed by atoms with Gasteiger partial charge in [0.05, 0.1) is 19.9 Å².